The number of aromatic carboxylic acids is 1. The fourth-order valence-corrected chi connectivity index (χ4v) is 2.56. The van der Waals surface area contributed by atoms with Crippen LogP contribution in [-0.2, 0) is 0 Å². The van der Waals surface area contributed by atoms with Gasteiger partial charge in [0.2, 0.25) is 0 Å². The molecular formula is C11H8ClN3O3S2. The van der Waals surface area contributed by atoms with Gasteiger partial charge in [0.05, 0.1) is 16.2 Å². The average molecular weight is 330 g/mol. The summed E-state index contributed by atoms with van der Waals surface area (Å²) >= 11 is 8.13. The SMILES string of the molecule is CSc1ncc(Cl)c(C(=O)Nc2ccc(C(=O)O)s2)n1. The highest BCUT2D eigenvalue weighted by molar-refractivity contribution is 7.98. The summed E-state index contributed by atoms with van der Waals surface area (Å²) in [4.78, 5) is 30.9. The van der Waals surface area contributed by atoms with Crippen molar-refractivity contribution in [2.45, 2.75) is 5.16 Å². The molecular weight excluding hydrogens is 322 g/mol. The van der Waals surface area contributed by atoms with Crippen LogP contribution in [0.25, 0.3) is 0 Å². The molecule has 20 heavy (non-hydrogen) atoms. The molecule has 0 saturated heterocycles. The van der Waals surface area contributed by atoms with Gasteiger partial charge in [-0.05, 0) is 18.4 Å². The molecule has 1 amide bonds. The molecule has 0 unspecified atom stereocenters. The number of rotatable bonds is 4. The Morgan fingerprint density at radius 1 is 1.45 bits per heavy atom. The molecule has 0 aromatic carbocycles. The highest BCUT2D eigenvalue weighted by atomic mass is 35.5. The number of carboxylic acids is 1. The third-order valence-corrected chi connectivity index (χ3v) is 4.00. The highest BCUT2D eigenvalue weighted by Gasteiger charge is 2.16. The van der Waals surface area contributed by atoms with Gasteiger partial charge < -0.3 is 10.4 Å². The maximum absolute atomic E-state index is 12.0. The van der Waals surface area contributed by atoms with E-state index < -0.39 is 11.9 Å². The van der Waals surface area contributed by atoms with Gasteiger partial charge >= 0.3 is 5.97 Å². The van der Waals surface area contributed by atoms with E-state index in [0.717, 1.165) is 11.3 Å². The number of anilines is 1. The Morgan fingerprint density at radius 2 is 2.20 bits per heavy atom. The van der Waals surface area contributed by atoms with E-state index in [2.05, 4.69) is 15.3 Å². The number of halogens is 1. The number of hydrogen-bond acceptors (Lipinski definition) is 6. The molecule has 0 aliphatic heterocycles. The van der Waals surface area contributed by atoms with Crippen molar-refractivity contribution in [3.8, 4) is 0 Å². The minimum Gasteiger partial charge on any atom is -0.477 e. The summed E-state index contributed by atoms with van der Waals surface area (Å²) < 4.78 is 0. The summed E-state index contributed by atoms with van der Waals surface area (Å²) in [6.45, 7) is 0. The lowest BCUT2D eigenvalue weighted by Crippen LogP contribution is -2.14. The van der Waals surface area contributed by atoms with Crippen molar-refractivity contribution >= 4 is 51.6 Å². The summed E-state index contributed by atoms with van der Waals surface area (Å²) in [5, 5.41) is 12.3. The molecule has 0 spiro atoms. The molecule has 2 rings (SSSR count). The van der Waals surface area contributed by atoms with Crippen molar-refractivity contribution in [1.82, 2.24) is 9.97 Å². The molecule has 2 heterocycles. The van der Waals surface area contributed by atoms with Crippen molar-refractivity contribution in [2.24, 2.45) is 0 Å². The molecule has 2 N–H and O–H groups in total. The molecule has 2 aromatic rings. The van der Waals surface area contributed by atoms with Gasteiger partial charge in [-0.3, -0.25) is 4.79 Å². The Morgan fingerprint density at radius 3 is 2.80 bits per heavy atom. The topological polar surface area (TPSA) is 92.2 Å². The molecule has 0 aliphatic carbocycles. The zero-order chi connectivity index (χ0) is 14.7. The minimum absolute atomic E-state index is 0.0521. The smallest absolute Gasteiger partial charge is 0.345 e. The summed E-state index contributed by atoms with van der Waals surface area (Å²) in [7, 11) is 0. The van der Waals surface area contributed by atoms with Crippen LogP contribution < -0.4 is 5.32 Å². The third-order valence-electron chi connectivity index (χ3n) is 2.17. The fourth-order valence-electron chi connectivity index (χ4n) is 1.30. The van der Waals surface area contributed by atoms with E-state index in [1.807, 2.05) is 0 Å². The van der Waals surface area contributed by atoms with Crippen LogP contribution in [0.4, 0.5) is 5.00 Å². The lowest BCUT2D eigenvalue weighted by atomic mass is 10.4. The second kappa shape index (κ2) is 6.21. The van der Waals surface area contributed by atoms with E-state index in [9.17, 15) is 9.59 Å². The van der Waals surface area contributed by atoms with Crippen LogP contribution in [-0.4, -0.2) is 33.2 Å². The number of carboxylic acid groups (broad SMARTS) is 1. The Balaban J connectivity index is 2.21. The monoisotopic (exact) mass is 329 g/mol. The third kappa shape index (κ3) is 3.27. The first kappa shape index (κ1) is 14.8. The summed E-state index contributed by atoms with van der Waals surface area (Å²) in [5.41, 5.74) is 0.0521. The van der Waals surface area contributed by atoms with Gasteiger partial charge in [-0.2, -0.15) is 0 Å². The van der Waals surface area contributed by atoms with Gasteiger partial charge in [-0.15, -0.1) is 11.3 Å². The predicted octanol–water partition coefficient (Wildman–Crippen LogP) is 2.86. The zero-order valence-corrected chi connectivity index (χ0v) is 12.5. The van der Waals surface area contributed by atoms with Crippen molar-refractivity contribution in [1.29, 1.82) is 0 Å². The fraction of sp³-hybridized carbons (Fsp3) is 0.0909. The van der Waals surface area contributed by atoms with Crippen LogP contribution in [0.2, 0.25) is 5.02 Å². The molecule has 0 fully saturated rings. The average Bonchev–Trinajstić information content (AvgIpc) is 2.88. The van der Waals surface area contributed by atoms with E-state index in [-0.39, 0.29) is 15.6 Å². The summed E-state index contributed by atoms with van der Waals surface area (Å²) in [6, 6.07) is 2.92. The van der Waals surface area contributed by atoms with E-state index in [0.29, 0.717) is 10.2 Å². The second-order valence-corrected chi connectivity index (χ2v) is 5.74. The van der Waals surface area contributed by atoms with Crippen molar-refractivity contribution in [2.75, 3.05) is 11.6 Å². The summed E-state index contributed by atoms with van der Waals surface area (Å²) in [5.74, 6) is -1.55. The van der Waals surface area contributed by atoms with E-state index >= 15 is 0 Å². The standard InChI is InChI=1S/C11H8ClN3O3S2/c1-19-11-13-4-5(12)8(15-11)9(16)14-7-3-2-6(20-7)10(17)18/h2-4H,1H3,(H,14,16)(H,17,18). The number of aromatic nitrogens is 2. The number of nitrogens with zero attached hydrogens (tertiary/aromatic N) is 2. The van der Waals surface area contributed by atoms with Crippen LogP contribution >= 0.6 is 34.7 Å². The van der Waals surface area contributed by atoms with Gasteiger partial charge in [-0.25, -0.2) is 14.8 Å². The first-order valence-electron chi connectivity index (χ1n) is 5.22. The van der Waals surface area contributed by atoms with Crippen LogP contribution in [0.1, 0.15) is 20.2 Å². The lowest BCUT2D eigenvalue weighted by molar-refractivity contribution is 0.0702. The Labute approximate surface area is 127 Å². The highest BCUT2D eigenvalue weighted by Crippen LogP contribution is 2.23. The van der Waals surface area contributed by atoms with Gasteiger partial charge in [0.25, 0.3) is 5.91 Å². The number of thiophene rings is 1. The van der Waals surface area contributed by atoms with Crippen LogP contribution in [0.5, 0.6) is 0 Å². The molecule has 0 atom stereocenters. The second-order valence-electron chi connectivity index (χ2n) is 3.48. The van der Waals surface area contributed by atoms with E-state index in [1.54, 1.807) is 6.26 Å². The summed E-state index contributed by atoms with van der Waals surface area (Å²) in [6.07, 6.45) is 3.13. The van der Waals surface area contributed by atoms with Crippen molar-refractivity contribution in [3.63, 3.8) is 0 Å². The molecule has 0 bridgehead atoms. The molecule has 0 saturated carbocycles. The number of nitrogens with one attached hydrogen (secondary N) is 1. The molecule has 9 heteroatoms. The first-order valence-corrected chi connectivity index (χ1v) is 7.64. The molecule has 104 valence electrons. The molecule has 0 aliphatic rings. The van der Waals surface area contributed by atoms with E-state index in [1.165, 1.54) is 30.1 Å². The van der Waals surface area contributed by atoms with Gasteiger partial charge in [0.15, 0.2) is 10.9 Å². The predicted molar refractivity (Wildman–Crippen MR) is 78.1 cm³/mol. The first-order chi connectivity index (χ1) is 9.51. The maximum atomic E-state index is 12.0. The Bertz CT molecular complexity index is 675. The van der Waals surface area contributed by atoms with Crippen LogP contribution in [0.15, 0.2) is 23.5 Å². The Hall–Kier alpha value is -1.64. The number of hydrogen-bond donors (Lipinski definition) is 2. The van der Waals surface area contributed by atoms with E-state index in [4.69, 9.17) is 16.7 Å². The van der Waals surface area contributed by atoms with Crippen LogP contribution in [0, 0.1) is 0 Å². The number of amides is 1. The minimum atomic E-state index is -1.04. The maximum Gasteiger partial charge on any atom is 0.345 e. The Kier molecular flexibility index (Phi) is 4.58. The quantitative estimate of drug-likeness (QED) is 0.662. The normalized spacial score (nSPS) is 10.3. The van der Waals surface area contributed by atoms with Gasteiger partial charge in [0, 0.05) is 0 Å². The van der Waals surface area contributed by atoms with Gasteiger partial charge in [-0.1, -0.05) is 23.4 Å². The molecule has 2 aromatic heterocycles. The van der Waals surface area contributed by atoms with Crippen molar-refractivity contribution < 1.29 is 14.7 Å². The van der Waals surface area contributed by atoms with Crippen LogP contribution in [0.3, 0.4) is 0 Å². The zero-order valence-electron chi connectivity index (χ0n) is 10.1. The number of thioether (sulfide) groups is 1. The largest absolute Gasteiger partial charge is 0.477 e. The molecule has 0 radical (unpaired) electrons. The molecule has 6 nitrogen and oxygen atoms in total. The number of carbonyl (C=O) groups excluding carboxylic acids is 1. The lowest BCUT2D eigenvalue weighted by Gasteiger charge is -2.04. The van der Waals surface area contributed by atoms with Crippen molar-refractivity contribution in [3.05, 3.63) is 33.9 Å². The van der Waals surface area contributed by atoms with Gasteiger partial charge in [0.1, 0.15) is 4.88 Å². The number of carbonyl (C=O) groups is 2.